The molecule has 0 saturated carbocycles. The zero-order valence-electron chi connectivity index (χ0n) is 26.6. The summed E-state index contributed by atoms with van der Waals surface area (Å²) in [5.41, 5.74) is -1.53. The van der Waals surface area contributed by atoms with E-state index in [0.29, 0.717) is 15.9 Å². The summed E-state index contributed by atoms with van der Waals surface area (Å²) >= 11 is 18.9. The lowest BCUT2D eigenvalue weighted by Gasteiger charge is -2.35. The minimum absolute atomic E-state index is 0.00116. The topological polar surface area (TPSA) is 86.8 Å². The largest absolute Gasteiger partial charge is 0.417 e. The number of amides is 2. The monoisotopic (exact) mass is 753 g/mol. The van der Waals surface area contributed by atoms with Gasteiger partial charge >= 0.3 is 6.18 Å². The second kappa shape index (κ2) is 15.4. The number of carbonyl (C=O) groups excluding carboxylic acids is 2. The minimum atomic E-state index is -4.93. The molecule has 2 amide bonds. The summed E-state index contributed by atoms with van der Waals surface area (Å²) in [6.45, 7) is 3.95. The highest BCUT2D eigenvalue weighted by atomic mass is 35.5. The molecule has 0 unspecified atom stereocenters. The molecule has 1 N–H and O–H groups in total. The number of hydrogen-bond acceptors (Lipinski definition) is 4. The van der Waals surface area contributed by atoms with Gasteiger partial charge in [-0.1, -0.05) is 89.4 Å². The van der Waals surface area contributed by atoms with Crippen molar-refractivity contribution in [2.75, 3.05) is 10.8 Å². The average Bonchev–Trinajstić information content (AvgIpc) is 3.02. The van der Waals surface area contributed by atoms with Crippen molar-refractivity contribution in [3.63, 3.8) is 0 Å². The second-order valence-electron chi connectivity index (χ2n) is 12.2. The molecule has 0 radical (unpaired) electrons. The summed E-state index contributed by atoms with van der Waals surface area (Å²) in [6, 6.07) is 21.8. The number of nitrogens with zero attached hydrogens (tertiary/aromatic N) is 2. The van der Waals surface area contributed by atoms with Crippen LogP contribution in [-0.4, -0.2) is 43.3 Å². The molecule has 4 aromatic rings. The first-order valence-corrected chi connectivity index (χ1v) is 17.5. The normalized spacial score (nSPS) is 12.7. The lowest BCUT2D eigenvalue weighted by atomic mass is 10.0. The number of hydrogen-bond donors (Lipinski definition) is 1. The van der Waals surface area contributed by atoms with E-state index in [-0.39, 0.29) is 33.5 Å². The number of carbonyl (C=O) groups is 2. The maximum atomic E-state index is 14.6. The van der Waals surface area contributed by atoms with E-state index in [2.05, 4.69) is 5.32 Å². The summed E-state index contributed by atoms with van der Waals surface area (Å²) < 4.78 is 70.7. The van der Waals surface area contributed by atoms with Gasteiger partial charge in [-0.25, -0.2) is 8.42 Å². The Hall–Kier alpha value is -3.77. The highest BCUT2D eigenvalue weighted by Crippen LogP contribution is 2.38. The van der Waals surface area contributed by atoms with Gasteiger partial charge in [-0.15, -0.1) is 0 Å². The Bertz CT molecular complexity index is 1890. The van der Waals surface area contributed by atoms with Crippen molar-refractivity contribution < 1.29 is 31.2 Å². The number of nitrogens with one attached hydrogen (secondary N) is 1. The van der Waals surface area contributed by atoms with Gasteiger partial charge in [0, 0.05) is 34.1 Å². The molecule has 0 aliphatic carbocycles. The third-order valence-electron chi connectivity index (χ3n) is 7.31. The molecule has 7 nitrogen and oxygen atoms in total. The number of halogens is 6. The molecule has 0 fully saturated rings. The van der Waals surface area contributed by atoms with Crippen molar-refractivity contribution in [2.45, 2.75) is 56.4 Å². The van der Waals surface area contributed by atoms with Gasteiger partial charge in [-0.2, -0.15) is 13.2 Å². The van der Waals surface area contributed by atoms with Crippen LogP contribution in [0.3, 0.4) is 0 Å². The minimum Gasteiger partial charge on any atom is -0.350 e. The fourth-order valence-electron chi connectivity index (χ4n) is 4.99. The van der Waals surface area contributed by atoms with Crippen molar-refractivity contribution in [1.29, 1.82) is 0 Å². The van der Waals surface area contributed by atoms with Crippen LogP contribution in [-0.2, 0) is 38.8 Å². The Balaban J connectivity index is 1.90. The fraction of sp³-hybridized carbons (Fsp3) is 0.257. The molecule has 4 aromatic carbocycles. The van der Waals surface area contributed by atoms with Gasteiger partial charge in [0.25, 0.3) is 10.0 Å². The van der Waals surface area contributed by atoms with Crippen LogP contribution < -0.4 is 9.62 Å². The third-order valence-corrected chi connectivity index (χ3v) is 10.1. The van der Waals surface area contributed by atoms with Crippen molar-refractivity contribution >= 4 is 62.3 Å². The molecule has 0 aliphatic rings. The molecule has 0 aromatic heterocycles. The Kier molecular flexibility index (Phi) is 12.0. The van der Waals surface area contributed by atoms with Crippen LogP contribution in [0, 0.1) is 0 Å². The Labute approximate surface area is 298 Å². The molecule has 1 atom stereocenters. The van der Waals surface area contributed by atoms with Gasteiger partial charge in [-0.05, 0) is 68.8 Å². The number of anilines is 1. The summed E-state index contributed by atoms with van der Waals surface area (Å²) in [4.78, 5) is 29.4. The van der Waals surface area contributed by atoms with E-state index in [1.54, 1.807) is 75.4 Å². The van der Waals surface area contributed by atoms with Crippen LogP contribution in [0.15, 0.2) is 102 Å². The molecule has 0 saturated heterocycles. The van der Waals surface area contributed by atoms with E-state index in [4.69, 9.17) is 34.8 Å². The van der Waals surface area contributed by atoms with E-state index in [9.17, 15) is 31.2 Å². The zero-order valence-corrected chi connectivity index (χ0v) is 29.7. The smallest absolute Gasteiger partial charge is 0.350 e. The first-order chi connectivity index (χ1) is 22.9. The number of alkyl halides is 3. The molecule has 14 heteroatoms. The maximum Gasteiger partial charge on any atom is 0.417 e. The summed E-state index contributed by atoms with van der Waals surface area (Å²) in [5, 5.41) is 2.60. The van der Waals surface area contributed by atoms with Crippen LogP contribution in [0.5, 0.6) is 0 Å². The van der Waals surface area contributed by atoms with E-state index in [1.807, 2.05) is 0 Å². The highest BCUT2D eigenvalue weighted by molar-refractivity contribution is 7.92. The molecular weight excluding hydrogens is 722 g/mol. The van der Waals surface area contributed by atoms with E-state index in [0.717, 1.165) is 17.0 Å². The van der Waals surface area contributed by atoms with Crippen molar-refractivity contribution in [2.24, 2.45) is 0 Å². The molecule has 0 bridgehead atoms. The molecule has 260 valence electrons. The standard InChI is InChI=1S/C35H33Cl3F3N3O4S/c1-34(2,3)42-33(46)31(19-23-11-6-4-7-12-23)43(21-26-28(36)15-10-16-29(26)37)32(45)22-44(49(47,48)25-13-8-5-9-14-25)24-17-18-30(38)27(20-24)35(39,40)41/h4-18,20,31H,19,21-22H2,1-3H3,(H,42,46)/t31-/m1/s1. The van der Waals surface area contributed by atoms with Crippen molar-refractivity contribution in [3.8, 4) is 0 Å². The number of rotatable bonds is 11. The van der Waals surface area contributed by atoms with Crippen LogP contribution in [0.25, 0.3) is 0 Å². The van der Waals surface area contributed by atoms with Gasteiger partial charge in [0.05, 0.1) is 21.2 Å². The first-order valence-electron chi connectivity index (χ1n) is 14.9. The van der Waals surface area contributed by atoms with Gasteiger partial charge < -0.3 is 10.2 Å². The van der Waals surface area contributed by atoms with E-state index >= 15 is 0 Å². The van der Waals surface area contributed by atoms with Crippen LogP contribution in [0.4, 0.5) is 18.9 Å². The predicted octanol–water partition coefficient (Wildman–Crippen LogP) is 8.42. The van der Waals surface area contributed by atoms with Crippen molar-refractivity contribution in [3.05, 3.63) is 129 Å². The molecule has 0 spiro atoms. The lowest BCUT2D eigenvalue weighted by Crippen LogP contribution is -2.56. The third kappa shape index (κ3) is 9.69. The first kappa shape index (κ1) is 38.0. The van der Waals surface area contributed by atoms with E-state index < -0.39 is 62.4 Å². The molecular formula is C35H33Cl3F3N3O4S. The Morgan fingerprint density at radius 3 is 1.92 bits per heavy atom. The molecule has 4 rings (SSSR count). The van der Waals surface area contributed by atoms with Crippen LogP contribution in [0.1, 0.15) is 37.5 Å². The highest BCUT2D eigenvalue weighted by Gasteiger charge is 2.38. The molecule has 49 heavy (non-hydrogen) atoms. The molecule has 0 heterocycles. The van der Waals surface area contributed by atoms with Crippen LogP contribution >= 0.6 is 34.8 Å². The SMILES string of the molecule is CC(C)(C)NC(=O)[C@@H](Cc1ccccc1)N(Cc1c(Cl)cccc1Cl)C(=O)CN(c1ccc(Cl)c(C(F)(F)F)c1)S(=O)(=O)c1ccccc1. The fourth-order valence-corrected chi connectivity index (χ4v) is 7.16. The summed E-state index contributed by atoms with van der Waals surface area (Å²) in [7, 11) is -4.66. The van der Waals surface area contributed by atoms with Crippen molar-refractivity contribution in [1.82, 2.24) is 10.2 Å². The quantitative estimate of drug-likeness (QED) is 0.167. The summed E-state index contributed by atoms with van der Waals surface area (Å²) in [5.74, 6) is -1.47. The lowest BCUT2D eigenvalue weighted by molar-refractivity contribution is -0.140. The summed E-state index contributed by atoms with van der Waals surface area (Å²) in [6.07, 6.45) is -4.93. The maximum absolute atomic E-state index is 14.6. The molecule has 0 aliphatic heterocycles. The second-order valence-corrected chi connectivity index (χ2v) is 15.2. The number of sulfonamides is 1. The van der Waals surface area contributed by atoms with Gasteiger partial charge in [-0.3, -0.25) is 13.9 Å². The van der Waals surface area contributed by atoms with E-state index in [1.165, 1.54) is 24.3 Å². The van der Waals surface area contributed by atoms with Gasteiger partial charge in [0.2, 0.25) is 11.8 Å². The van der Waals surface area contributed by atoms with Gasteiger partial charge in [0.15, 0.2) is 0 Å². The van der Waals surface area contributed by atoms with Crippen LogP contribution in [0.2, 0.25) is 15.1 Å². The number of benzene rings is 4. The zero-order chi connectivity index (χ0) is 36.1. The average molecular weight is 755 g/mol. The predicted molar refractivity (Wildman–Crippen MR) is 186 cm³/mol. The Morgan fingerprint density at radius 1 is 0.796 bits per heavy atom. The Morgan fingerprint density at radius 2 is 1.37 bits per heavy atom. The van der Waals surface area contributed by atoms with Gasteiger partial charge in [0.1, 0.15) is 12.6 Å².